The van der Waals surface area contributed by atoms with E-state index in [2.05, 4.69) is 0 Å². The Bertz CT molecular complexity index is 551. The molecule has 0 radical (unpaired) electrons. The lowest BCUT2D eigenvalue weighted by Crippen LogP contribution is -1.99. The highest BCUT2D eigenvalue weighted by molar-refractivity contribution is 6.20. The minimum Gasteiger partial charge on any atom is -0.497 e. The summed E-state index contributed by atoms with van der Waals surface area (Å²) < 4.78 is 18.9. The Kier molecular flexibility index (Phi) is 4.43. The average Bonchev–Trinajstić information content (AvgIpc) is 2.41. The maximum absolute atomic E-state index is 13.9. The molecule has 2 aromatic rings. The molecule has 0 fully saturated rings. The second kappa shape index (κ2) is 6.07. The van der Waals surface area contributed by atoms with Gasteiger partial charge in [-0.05, 0) is 25.0 Å². The van der Waals surface area contributed by atoms with Crippen LogP contribution < -0.4 is 4.74 Å². The van der Waals surface area contributed by atoms with E-state index in [1.54, 1.807) is 12.1 Å². The molecule has 19 heavy (non-hydrogen) atoms. The van der Waals surface area contributed by atoms with Crippen molar-refractivity contribution in [2.24, 2.45) is 0 Å². The number of hydrogen-bond acceptors (Lipinski definition) is 1. The number of halogens is 2. The summed E-state index contributed by atoms with van der Waals surface area (Å²) in [6, 6.07) is 12.9. The van der Waals surface area contributed by atoms with Crippen molar-refractivity contribution in [3.8, 4) is 5.75 Å². The molecule has 0 saturated heterocycles. The third-order valence-electron chi connectivity index (χ3n) is 3.08. The molecule has 0 spiro atoms. The molecular weight excluding hydrogens is 263 g/mol. The van der Waals surface area contributed by atoms with Gasteiger partial charge in [0.15, 0.2) is 0 Å². The number of aryl methyl sites for hydroxylation is 1. The van der Waals surface area contributed by atoms with Gasteiger partial charge in [0.05, 0.1) is 12.5 Å². The first-order chi connectivity index (χ1) is 9.10. The minimum atomic E-state index is -0.381. The zero-order valence-corrected chi connectivity index (χ0v) is 11.7. The van der Waals surface area contributed by atoms with E-state index >= 15 is 0 Å². The van der Waals surface area contributed by atoms with Gasteiger partial charge in [0, 0.05) is 11.6 Å². The Morgan fingerprint density at radius 2 is 1.84 bits per heavy atom. The lowest BCUT2D eigenvalue weighted by molar-refractivity contribution is 0.410. The minimum absolute atomic E-state index is 0.327. The van der Waals surface area contributed by atoms with Crippen LogP contribution in [-0.2, 0) is 6.42 Å². The molecule has 1 nitrogen and oxygen atoms in total. The molecule has 2 aromatic carbocycles. The summed E-state index contributed by atoms with van der Waals surface area (Å²) in [6.45, 7) is 2.03. The Labute approximate surface area is 118 Å². The predicted octanol–water partition coefficient (Wildman–Crippen LogP) is 4.67. The van der Waals surface area contributed by atoms with E-state index in [-0.39, 0.29) is 11.2 Å². The highest BCUT2D eigenvalue weighted by atomic mass is 35.5. The van der Waals surface area contributed by atoms with Crippen LogP contribution in [0.25, 0.3) is 0 Å². The molecule has 0 aliphatic rings. The van der Waals surface area contributed by atoms with Crippen molar-refractivity contribution in [3.63, 3.8) is 0 Å². The van der Waals surface area contributed by atoms with Crippen LogP contribution in [0.5, 0.6) is 5.75 Å². The van der Waals surface area contributed by atoms with Crippen LogP contribution in [-0.4, -0.2) is 7.11 Å². The third-order valence-corrected chi connectivity index (χ3v) is 3.47. The van der Waals surface area contributed by atoms with Gasteiger partial charge in [0.25, 0.3) is 0 Å². The van der Waals surface area contributed by atoms with Gasteiger partial charge in [0.1, 0.15) is 11.6 Å². The summed E-state index contributed by atoms with van der Waals surface area (Å²) in [4.78, 5) is 0. The largest absolute Gasteiger partial charge is 0.497 e. The van der Waals surface area contributed by atoms with Gasteiger partial charge >= 0.3 is 0 Å². The molecule has 0 heterocycles. The van der Waals surface area contributed by atoms with Crippen LogP contribution in [0.3, 0.4) is 0 Å². The summed E-state index contributed by atoms with van der Waals surface area (Å²) >= 11 is 6.30. The van der Waals surface area contributed by atoms with E-state index in [1.165, 1.54) is 18.7 Å². The van der Waals surface area contributed by atoms with Gasteiger partial charge in [-0.1, -0.05) is 35.9 Å². The van der Waals surface area contributed by atoms with Crippen molar-refractivity contribution in [3.05, 3.63) is 65.0 Å². The fourth-order valence-corrected chi connectivity index (χ4v) is 2.29. The Morgan fingerprint density at radius 3 is 2.42 bits per heavy atom. The van der Waals surface area contributed by atoms with Crippen molar-refractivity contribution in [2.75, 3.05) is 7.11 Å². The van der Waals surface area contributed by atoms with Crippen molar-refractivity contribution in [1.29, 1.82) is 0 Å². The van der Waals surface area contributed by atoms with Crippen molar-refractivity contribution < 1.29 is 9.13 Å². The van der Waals surface area contributed by atoms with E-state index < -0.39 is 0 Å². The van der Waals surface area contributed by atoms with Crippen molar-refractivity contribution >= 4 is 11.6 Å². The first kappa shape index (κ1) is 13.9. The summed E-state index contributed by atoms with van der Waals surface area (Å²) in [5, 5.41) is -0.381. The maximum Gasteiger partial charge on any atom is 0.131 e. The number of alkyl halides is 1. The average molecular weight is 279 g/mol. The van der Waals surface area contributed by atoms with Crippen LogP contribution >= 0.6 is 11.6 Å². The molecule has 2 rings (SSSR count). The number of ether oxygens (including phenoxy) is 1. The molecule has 100 valence electrons. The highest BCUT2D eigenvalue weighted by Crippen LogP contribution is 2.29. The molecule has 3 heteroatoms. The van der Waals surface area contributed by atoms with Crippen LogP contribution in [0.1, 0.15) is 22.1 Å². The van der Waals surface area contributed by atoms with Gasteiger partial charge in [-0.25, -0.2) is 4.39 Å². The molecule has 0 amide bonds. The van der Waals surface area contributed by atoms with Crippen LogP contribution in [0.15, 0.2) is 42.5 Å². The summed E-state index contributed by atoms with van der Waals surface area (Å²) in [6.07, 6.45) is 0.602. The van der Waals surface area contributed by atoms with Gasteiger partial charge < -0.3 is 4.74 Å². The SMILES string of the molecule is COc1ccc(C(Cl)Cc2ccc(C)cc2)c(F)c1. The van der Waals surface area contributed by atoms with E-state index in [0.29, 0.717) is 17.7 Å². The third kappa shape index (κ3) is 3.48. The first-order valence-corrected chi connectivity index (χ1v) is 6.57. The van der Waals surface area contributed by atoms with E-state index in [9.17, 15) is 4.39 Å². The molecule has 0 N–H and O–H groups in total. The van der Waals surface area contributed by atoms with Crippen LogP contribution in [0, 0.1) is 12.7 Å². The van der Waals surface area contributed by atoms with Crippen molar-refractivity contribution in [2.45, 2.75) is 18.7 Å². The zero-order valence-electron chi connectivity index (χ0n) is 11.0. The normalized spacial score (nSPS) is 12.2. The first-order valence-electron chi connectivity index (χ1n) is 6.13. The number of methoxy groups -OCH3 is 1. The van der Waals surface area contributed by atoms with Crippen molar-refractivity contribution in [1.82, 2.24) is 0 Å². The molecule has 0 bridgehead atoms. The van der Waals surface area contributed by atoms with Gasteiger partial charge in [-0.3, -0.25) is 0 Å². The number of benzene rings is 2. The van der Waals surface area contributed by atoms with Gasteiger partial charge in [-0.15, -0.1) is 11.6 Å². The fourth-order valence-electron chi connectivity index (χ4n) is 1.93. The number of hydrogen-bond donors (Lipinski definition) is 0. The van der Waals surface area contributed by atoms with Gasteiger partial charge in [0.2, 0.25) is 0 Å². The fraction of sp³-hybridized carbons (Fsp3) is 0.250. The molecule has 1 atom stereocenters. The van der Waals surface area contributed by atoms with E-state index in [4.69, 9.17) is 16.3 Å². The van der Waals surface area contributed by atoms with E-state index in [1.807, 2.05) is 31.2 Å². The second-order valence-electron chi connectivity index (χ2n) is 4.54. The summed E-state index contributed by atoms with van der Waals surface area (Å²) in [5.74, 6) is 0.173. The number of rotatable bonds is 4. The monoisotopic (exact) mass is 278 g/mol. The Morgan fingerprint density at radius 1 is 1.16 bits per heavy atom. The second-order valence-corrected chi connectivity index (χ2v) is 5.07. The standard InChI is InChI=1S/C16H16ClFO/c1-11-3-5-12(6-4-11)9-15(17)14-8-7-13(19-2)10-16(14)18/h3-8,10,15H,9H2,1-2H3. The van der Waals surface area contributed by atoms with Crippen LogP contribution in [0.4, 0.5) is 4.39 Å². The Hall–Kier alpha value is -1.54. The smallest absolute Gasteiger partial charge is 0.131 e. The lowest BCUT2D eigenvalue weighted by Gasteiger charge is -2.12. The maximum atomic E-state index is 13.9. The molecular formula is C16H16ClFO. The zero-order chi connectivity index (χ0) is 13.8. The van der Waals surface area contributed by atoms with Crippen LogP contribution in [0.2, 0.25) is 0 Å². The quantitative estimate of drug-likeness (QED) is 0.739. The molecule has 0 aliphatic heterocycles. The molecule has 1 unspecified atom stereocenters. The highest BCUT2D eigenvalue weighted by Gasteiger charge is 2.14. The van der Waals surface area contributed by atoms with Gasteiger partial charge in [-0.2, -0.15) is 0 Å². The molecule has 0 aliphatic carbocycles. The summed E-state index contributed by atoms with van der Waals surface area (Å²) in [5.41, 5.74) is 2.80. The predicted molar refractivity (Wildman–Crippen MR) is 76.4 cm³/mol. The topological polar surface area (TPSA) is 9.23 Å². The Balaban J connectivity index is 2.15. The molecule has 0 saturated carbocycles. The molecule has 0 aromatic heterocycles. The summed E-state index contributed by atoms with van der Waals surface area (Å²) in [7, 11) is 1.51. The lowest BCUT2D eigenvalue weighted by atomic mass is 10.0. The van der Waals surface area contributed by atoms with E-state index in [0.717, 1.165) is 5.56 Å².